The standard InChI is InChI=1S/C17H28N2O5S/c1-5-13(4)19-16-8-7-14(11-15(16)17(20)21)25(22,23)18-9-6-10-24-12(2)3/h7-8,11-13,18-19H,5-6,9-10H2,1-4H3,(H,20,21). The summed E-state index contributed by atoms with van der Waals surface area (Å²) in [6, 6.07) is 4.16. The van der Waals surface area contributed by atoms with Crippen LogP contribution in [0, 0.1) is 0 Å². The smallest absolute Gasteiger partial charge is 0.337 e. The molecule has 0 radical (unpaired) electrons. The summed E-state index contributed by atoms with van der Waals surface area (Å²) >= 11 is 0. The maximum absolute atomic E-state index is 12.3. The summed E-state index contributed by atoms with van der Waals surface area (Å²) in [6.07, 6.45) is 1.45. The van der Waals surface area contributed by atoms with Gasteiger partial charge in [-0.1, -0.05) is 6.92 Å². The largest absolute Gasteiger partial charge is 0.478 e. The molecule has 0 amide bonds. The van der Waals surface area contributed by atoms with Crippen molar-refractivity contribution >= 4 is 21.7 Å². The van der Waals surface area contributed by atoms with E-state index < -0.39 is 16.0 Å². The normalized spacial score (nSPS) is 13.0. The van der Waals surface area contributed by atoms with Gasteiger partial charge >= 0.3 is 5.97 Å². The van der Waals surface area contributed by atoms with Crippen LogP contribution in [0.25, 0.3) is 0 Å². The van der Waals surface area contributed by atoms with Crippen LogP contribution in [0.3, 0.4) is 0 Å². The molecule has 0 aliphatic carbocycles. The molecule has 1 aromatic carbocycles. The number of aromatic carboxylic acids is 1. The second-order valence-corrected chi connectivity index (χ2v) is 7.90. The molecule has 0 aliphatic heterocycles. The Morgan fingerprint density at radius 2 is 1.96 bits per heavy atom. The highest BCUT2D eigenvalue weighted by Gasteiger charge is 2.19. The first-order valence-electron chi connectivity index (χ1n) is 8.42. The minimum Gasteiger partial charge on any atom is -0.478 e. The molecule has 1 unspecified atom stereocenters. The third-order valence-corrected chi connectivity index (χ3v) is 5.07. The van der Waals surface area contributed by atoms with Crippen LogP contribution in [0.15, 0.2) is 23.1 Å². The lowest BCUT2D eigenvalue weighted by molar-refractivity contribution is 0.0697. The number of carboxylic acid groups (broad SMARTS) is 1. The molecular weight excluding hydrogens is 344 g/mol. The Morgan fingerprint density at radius 1 is 1.28 bits per heavy atom. The van der Waals surface area contributed by atoms with Crippen molar-refractivity contribution in [2.45, 2.75) is 57.6 Å². The van der Waals surface area contributed by atoms with Crippen molar-refractivity contribution in [3.05, 3.63) is 23.8 Å². The first-order chi connectivity index (χ1) is 11.7. The van der Waals surface area contributed by atoms with E-state index in [1.807, 2.05) is 27.7 Å². The van der Waals surface area contributed by atoms with Crippen LogP contribution in [0.2, 0.25) is 0 Å². The summed E-state index contributed by atoms with van der Waals surface area (Å²) in [7, 11) is -3.76. The van der Waals surface area contributed by atoms with Crippen LogP contribution in [-0.4, -0.2) is 44.8 Å². The number of benzene rings is 1. The SMILES string of the molecule is CCC(C)Nc1ccc(S(=O)(=O)NCCCOC(C)C)cc1C(=O)O. The molecule has 1 rings (SSSR count). The Balaban J connectivity index is 2.86. The van der Waals surface area contributed by atoms with Gasteiger partial charge in [-0.25, -0.2) is 17.9 Å². The van der Waals surface area contributed by atoms with Crippen molar-refractivity contribution < 1.29 is 23.1 Å². The minimum atomic E-state index is -3.76. The second-order valence-electron chi connectivity index (χ2n) is 6.14. The summed E-state index contributed by atoms with van der Waals surface area (Å²) in [5.41, 5.74) is 0.345. The van der Waals surface area contributed by atoms with Gasteiger partial charge in [-0.15, -0.1) is 0 Å². The third-order valence-electron chi connectivity index (χ3n) is 3.61. The second kappa shape index (κ2) is 9.74. The monoisotopic (exact) mass is 372 g/mol. The first kappa shape index (κ1) is 21.4. The fourth-order valence-corrected chi connectivity index (χ4v) is 3.14. The van der Waals surface area contributed by atoms with Crippen molar-refractivity contribution in [1.82, 2.24) is 4.72 Å². The fourth-order valence-electron chi connectivity index (χ4n) is 2.04. The molecule has 0 aliphatic rings. The van der Waals surface area contributed by atoms with E-state index in [9.17, 15) is 18.3 Å². The van der Waals surface area contributed by atoms with Gasteiger partial charge in [0.2, 0.25) is 10.0 Å². The summed E-state index contributed by atoms with van der Waals surface area (Å²) in [4.78, 5) is 11.4. The zero-order chi connectivity index (χ0) is 19.0. The van der Waals surface area contributed by atoms with E-state index in [2.05, 4.69) is 10.0 Å². The van der Waals surface area contributed by atoms with E-state index in [1.165, 1.54) is 18.2 Å². The summed E-state index contributed by atoms with van der Waals surface area (Å²) in [6.45, 7) is 8.41. The number of anilines is 1. The predicted octanol–water partition coefficient (Wildman–Crippen LogP) is 2.69. The van der Waals surface area contributed by atoms with Crippen LogP contribution in [0.5, 0.6) is 0 Å². The average molecular weight is 372 g/mol. The minimum absolute atomic E-state index is 0.0636. The molecular formula is C17H28N2O5S. The van der Waals surface area contributed by atoms with Crippen molar-refractivity contribution in [3.8, 4) is 0 Å². The zero-order valence-electron chi connectivity index (χ0n) is 15.2. The van der Waals surface area contributed by atoms with Gasteiger partial charge < -0.3 is 15.2 Å². The number of ether oxygens (including phenoxy) is 1. The molecule has 0 fully saturated rings. The van der Waals surface area contributed by atoms with Gasteiger partial charge in [0.15, 0.2) is 0 Å². The van der Waals surface area contributed by atoms with Gasteiger partial charge in [-0.05, 0) is 51.8 Å². The Labute approximate surface area is 149 Å². The van der Waals surface area contributed by atoms with Gasteiger partial charge in [0.1, 0.15) is 0 Å². The van der Waals surface area contributed by atoms with E-state index in [0.717, 1.165) is 6.42 Å². The van der Waals surface area contributed by atoms with Gasteiger partial charge in [0, 0.05) is 24.9 Å². The molecule has 1 aromatic rings. The Morgan fingerprint density at radius 3 is 2.52 bits per heavy atom. The lowest BCUT2D eigenvalue weighted by Gasteiger charge is -2.16. The summed E-state index contributed by atoms with van der Waals surface area (Å²) < 4.78 is 32.5. The van der Waals surface area contributed by atoms with Gasteiger partial charge in [-0.3, -0.25) is 0 Å². The van der Waals surface area contributed by atoms with Crippen LogP contribution in [0.1, 0.15) is 50.9 Å². The molecule has 0 aromatic heterocycles. The molecule has 3 N–H and O–H groups in total. The van der Waals surface area contributed by atoms with Crippen LogP contribution >= 0.6 is 0 Å². The Kier molecular flexibility index (Phi) is 8.34. The number of sulfonamides is 1. The molecule has 0 saturated carbocycles. The van der Waals surface area contributed by atoms with E-state index in [1.54, 1.807) is 0 Å². The predicted molar refractivity (Wildman–Crippen MR) is 97.7 cm³/mol. The average Bonchev–Trinajstić information content (AvgIpc) is 2.53. The van der Waals surface area contributed by atoms with E-state index >= 15 is 0 Å². The van der Waals surface area contributed by atoms with E-state index in [4.69, 9.17) is 4.74 Å². The van der Waals surface area contributed by atoms with Crippen molar-refractivity contribution in [3.63, 3.8) is 0 Å². The van der Waals surface area contributed by atoms with Crippen LogP contribution in [0.4, 0.5) is 5.69 Å². The third kappa shape index (κ3) is 7.01. The molecule has 25 heavy (non-hydrogen) atoms. The molecule has 0 bridgehead atoms. The highest BCUT2D eigenvalue weighted by Crippen LogP contribution is 2.22. The highest BCUT2D eigenvalue weighted by atomic mass is 32.2. The number of hydrogen-bond acceptors (Lipinski definition) is 5. The molecule has 0 saturated heterocycles. The van der Waals surface area contributed by atoms with Crippen LogP contribution in [-0.2, 0) is 14.8 Å². The molecule has 142 valence electrons. The topological polar surface area (TPSA) is 105 Å². The van der Waals surface area contributed by atoms with Gasteiger partial charge in [-0.2, -0.15) is 0 Å². The maximum Gasteiger partial charge on any atom is 0.337 e. The van der Waals surface area contributed by atoms with Gasteiger partial charge in [0.25, 0.3) is 0 Å². The lowest BCUT2D eigenvalue weighted by Crippen LogP contribution is -2.26. The molecule has 1 atom stereocenters. The number of nitrogens with one attached hydrogen (secondary N) is 2. The zero-order valence-corrected chi connectivity index (χ0v) is 16.0. The number of carbonyl (C=O) groups is 1. The Bertz CT molecular complexity index is 674. The molecule has 0 spiro atoms. The summed E-state index contributed by atoms with van der Waals surface area (Å²) in [5, 5.41) is 12.4. The lowest BCUT2D eigenvalue weighted by atomic mass is 10.1. The first-order valence-corrected chi connectivity index (χ1v) is 9.90. The fraction of sp³-hybridized carbons (Fsp3) is 0.588. The van der Waals surface area contributed by atoms with E-state index in [0.29, 0.717) is 18.7 Å². The van der Waals surface area contributed by atoms with E-state index in [-0.39, 0.29) is 29.1 Å². The number of rotatable bonds is 11. The number of hydrogen-bond donors (Lipinski definition) is 3. The van der Waals surface area contributed by atoms with Crippen molar-refractivity contribution in [2.24, 2.45) is 0 Å². The number of carboxylic acids is 1. The quantitative estimate of drug-likeness (QED) is 0.516. The van der Waals surface area contributed by atoms with Crippen LogP contribution < -0.4 is 10.0 Å². The highest BCUT2D eigenvalue weighted by molar-refractivity contribution is 7.89. The summed E-state index contributed by atoms with van der Waals surface area (Å²) in [5.74, 6) is -1.17. The molecule has 7 nitrogen and oxygen atoms in total. The van der Waals surface area contributed by atoms with Crippen molar-refractivity contribution in [2.75, 3.05) is 18.5 Å². The van der Waals surface area contributed by atoms with Gasteiger partial charge in [0.05, 0.1) is 16.6 Å². The maximum atomic E-state index is 12.3. The molecule has 8 heteroatoms. The van der Waals surface area contributed by atoms with Crippen molar-refractivity contribution in [1.29, 1.82) is 0 Å². The Hall–Kier alpha value is -1.64. The molecule has 0 heterocycles.